The lowest BCUT2D eigenvalue weighted by Crippen LogP contribution is -2.24. The Kier molecular flexibility index (Phi) is 5.92. The molecule has 0 radical (unpaired) electrons. The number of halogens is 1. The van der Waals surface area contributed by atoms with Crippen LogP contribution in [-0.2, 0) is 19.4 Å². The standard InChI is InChI=1S/C19H23N5O2.ClH/c1-12(20-2)10-16-22-18(26-23-16)13-7-8-14-15(11-13)21-17-6-4-3-5-9-24(17)19(14)25;/h7-8,11-12,20H,3-6,9-10H2,1-2H3;1H. The number of nitrogens with zero attached hydrogens (tertiary/aromatic N) is 4. The lowest BCUT2D eigenvalue weighted by Gasteiger charge is -2.10. The monoisotopic (exact) mass is 389 g/mol. The average Bonchev–Trinajstić information content (AvgIpc) is 2.98. The second-order valence-corrected chi connectivity index (χ2v) is 6.94. The van der Waals surface area contributed by atoms with Crippen molar-refractivity contribution in [1.29, 1.82) is 0 Å². The Hall–Kier alpha value is -2.25. The van der Waals surface area contributed by atoms with Crippen molar-refractivity contribution in [2.45, 2.75) is 51.6 Å². The molecule has 0 spiro atoms. The van der Waals surface area contributed by atoms with Gasteiger partial charge < -0.3 is 9.84 Å². The van der Waals surface area contributed by atoms with Crippen LogP contribution in [0.1, 0.15) is 37.8 Å². The Balaban J connectivity index is 0.00000210. The quantitative estimate of drug-likeness (QED) is 0.738. The molecule has 0 saturated heterocycles. The molecule has 1 aliphatic rings. The molecule has 144 valence electrons. The molecule has 0 fully saturated rings. The van der Waals surface area contributed by atoms with Gasteiger partial charge >= 0.3 is 0 Å². The molecule has 3 aromatic rings. The fourth-order valence-electron chi connectivity index (χ4n) is 3.38. The number of hydrogen-bond donors (Lipinski definition) is 1. The van der Waals surface area contributed by atoms with Gasteiger partial charge in [0.1, 0.15) is 5.82 Å². The molecule has 27 heavy (non-hydrogen) atoms. The lowest BCUT2D eigenvalue weighted by atomic mass is 10.1. The van der Waals surface area contributed by atoms with Crippen molar-refractivity contribution in [3.8, 4) is 11.5 Å². The Bertz CT molecular complexity index is 997. The highest BCUT2D eigenvalue weighted by molar-refractivity contribution is 5.85. The summed E-state index contributed by atoms with van der Waals surface area (Å²) in [6, 6.07) is 5.82. The molecule has 1 unspecified atom stereocenters. The summed E-state index contributed by atoms with van der Waals surface area (Å²) in [5.41, 5.74) is 1.54. The summed E-state index contributed by atoms with van der Waals surface area (Å²) < 4.78 is 7.24. The van der Waals surface area contributed by atoms with Gasteiger partial charge in [0.15, 0.2) is 5.82 Å². The molecule has 8 heteroatoms. The van der Waals surface area contributed by atoms with Gasteiger partial charge in [-0.15, -0.1) is 12.4 Å². The van der Waals surface area contributed by atoms with Crippen LogP contribution in [0, 0.1) is 0 Å². The number of rotatable bonds is 4. The Morgan fingerprint density at radius 3 is 2.93 bits per heavy atom. The van der Waals surface area contributed by atoms with Crippen LogP contribution in [0.5, 0.6) is 0 Å². The predicted octanol–water partition coefficient (Wildman–Crippen LogP) is 2.75. The molecule has 4 rings (SSSR count). The molecule has 1 aliphatic heterocycles. The molecule has 0 saturated carbocycles. The molecule has 0 bridgehead atoms. The second-order valence-electron chi connectivity index (χ2n) is 6.94. The van der Waals surface area contributed by atoms with Crippen LogP contribution in [-0.4, -0.2) is 32.8 Å². The summed E-state index contributed by atoms with van der Waals surface area (Å²) in [4.78, 5) is 22.0. The highest BCUT2D eigenvalue weighted by Crippen LogP contribution is 2.22. The van der Waals surface area contributed by atoms with Crippen molar-refractivity contribution >= 4 is 23.3 Å². The van der Waals surface area contributed by atoms with E-state index in [2.05, 4.69) is 22.4 Å². The van der Waals surface area contributed by atoms with Crippen LogP contribution in [0.15, 0.2) is 27.5 Å². The van der Waals surface area contributed by atoms with Crippen LogP contribution in [0.2, 0.25) is 0 Å². The van der Waals surface area contributed by atoms with Gasteiger partial charge in [0, 0.05) is 31.0 Å². The van der Waals surface area contributed by atoms with Crippen LogP contribution in [0.4, 0.5) is 0 Å². The van der Waals surface area contributed by atoms with E-state index in [0.29, 0.717) is 29.0 Å². The third-order valence-corrected chi connectivity index (χ3v) is 5.01. The SMILES string of the molecule is CNC(C)Cc1noc(-c2ccc3c(=O)n4c(nc3c2)CCCCC4)n1.Cl. The molecule has 0 amide bonds. The van der Waals surface area contributed by atoms with Gasteiger partial charge in [-0.05, 0) is 45.0 Å². The van der Waals surface area contributed by atoms with Gasteiger partial charge in [-0.25, -0.2) is 4.98 Å². The zero-order chi connectivity index (χ0) is 18.1. The number of likely N-dealkylation sites (N-methyl/N-ethyl adjacent to an activating group) is 1. The van der Waals surface area contributed by atoms with Crippen molar-refractivity contribution in [2.75, 3.05) is 7.05 Å². The summed E-state index contributed by atoms with van der Waals surface area (Å²) in [5, 5.41) is 7.85. The first-order chi connectivity index (χ1) is 12.7. The smallest absolute Gasteiger partial charge is 0.261 e. The van der Waals surface area contributed by atoms with Crippen molar-refractivity contribution in [2.24, 2.45) is 0 Å². The highest BCUT2D eigenvalue weighted by atomic mass is 35.5. The molecule has 3 heterocycles. The maximum absolute atomic E-state index is 12.8. The van der Waals surface area contributed by atoms with Crippen LogP contribution >= 0.6 is 12.4 Å². The summed E-state index contributed by atoms with van der Waals surface area (Å²) in [5.74, 6) is 2.00. The van der Waals surface area contributed by atoms with Crippen molar-refractivity contribution in [3.63, 3.8) is 0 Å². The van der Waals surface area contributed by atoms with Gasteiger partial charge in [-0.1, -0.05) is 11.6 Å². The number of hydrogen-bond acceptors (Lipinski definition) is 6. The minimum Gasteiger partial charge on any atom is -0.334 e. The van der Waals surface area contributed by atoms with E-state index in [0.717, 1.165) is 43.6 Å². The second kappa shape index (κ2) is 8.19. The minimum absolute atomic E-state index is 0. The van der Waals surface area contributed by atoms with Gasteiger partial charge in [0.25, 0.3) is 11.4 Å². The Morgan fingerprint density at radius 2 is 2.11 bits per heavy atom. The van der Waals surface area contributed by atoms with Gasteiger partial charge in [-0.2, -0.15) is 4.98 Å². The van der Waals surface area contributed by atoms with E-state index in [4.69, 9.17) is 9.51 Å². The van der Waals surface area contributed by atoms with E-state index in [1.165, 1.54) is 0 Å². The number of nitrogens with one attached hydrogen (secondary N) is 1. The summed E-state index contributed by atoms with van der Waals surface area (Å²) in [6.07, 6.45) is 4.80. The fourth-order valence-corrected chi connectivity index (χ4v) is 3.38. The van der Waals surface area contributed by atoms with E-state index in [1.54, 1.807) is 0 Å². The van der Waals surface area contributed by atoms with Crippen molar-refractivity contribution in [3.05, 3.63) is 40.2 Å². The number of aryl methyl sites for hydroxylation is 1. The van der Waals surface area contributed by atoms with E-state index in [9.17, 15) is 4.79 Å². The van der Waals surface area contributed by atoms with Crippen LogP contribution in [0.3, 0.4) is 0 Å². The average molecular weight is 390 g/mol. The molecule has 7 nitrogen and oxygen atoms in total. The topological polar surface area (TPSA) is 85.8 Å². The lowest BCUT2D eigenvalue weighted by molar-refractivity contribution is 0.418. The first-order valence-electron chi connectivity index (χ1n) is 9.19. The zero-order valence-corrected chi connectivity index (χ0v) is 16.4. The maximum atomic E-state index is 12.8. The molecular formula is C19H24ClN5O2. The zero-order valence-electron chi connectivity index (χ0n) is 15.6. The first-order valence-corrected chi connectivity index (χ1v) is 9.19. The van der Waals surface area contributed by atoms with Gasteiger partial charge in [0.05, 0.1) is 10.9 Å². The predicted molar refractivity (Wildman–Crippen MR) is 106 cm³/mol. The summed E-state index contributed by atoms with van der Waals surface area (Å²) in [7, 11) is 1.90. The Morgan fingerprint density at radius 1 is 1.26 bits per heavy atom. The largest absolute Gasteiger partial charge is 0.334 e. The molecule has 2 aromatic heterocycles. The van der Waals surface area contributed by atoms with Crippen molar-refractivity contribution in [1.82, 2.24) is 25.0 Å². The van der Waals surface area contributed by atoms with E-state index in [1.807, 2.05) is 29.8 Å². The van der Waals surface area contributed by atoms with E-state index in [-0.39, 0.29) is 24.0 Å². The first kappa shape index (κ1) is 19.5. The van der Waals surface area contributed by atoms with Crippen LogP contribution in [0.25, 0.3) is 22.4 Å². The maximum Gasteiger partial charge on any atom is 0.261 e. The van der Waals surface area contributed by atoms with Crippen LogP contribution < -0.4 is 10.9 Å². The molecule has 1 atom stereocenters. The number of benzene rings is 1. The third-order valence-electron chi connectivity index (χ3n) is 5.01. The van der Waals surface area contributed by atoms with Gasteiger partial charge in [0.2, 0.25) is 0 Å². The third kappa shape index (κ3) is 3.89. The normalized spacial score (nSPS) is 15.0. The number of fused-ring (bicyclic) bond motifs is 2. The minimum atomic E-state index is 0. The highest BCUT2D eigenvalue weighted by Gasteiger charge is 2.16. The molecule has 1 N–H and O–H groups in total. The fraction of sp³-hybridized carbons (Fsp3) is 0.474. The molecule has 0 aliphatic carbocycles. The molecule has 1 aromatic carbocycles. The number of aromatic nitrogens is 4. The summed E-state index contributed by atoms with van der Waals surface area (Å²) in [6.45, 7) is 2.82. The molecular weight excluding hydrogens is 366 g/mol. The summed E-state index contributed by atoms with van der Waals surface area (Å²) >= 11 is 0. The van der Waals surface area contributed by atoms with E-state index >= 15 is 0 Å². The van der Waals surface area contributed by atoms with E-state index < -0.39 is 0 Å². The van der Waals surface area contributed by atoms with Gasteiger partial charge in [-0.3, -0.25) is 9.36 Å². The Labute approximate surface area is 163 Å². The van der Waals surface area contributed by atoms with Crippen molar-refractivity contribution < 1.29 is 4.52 Å².